The quantitative estimate of drug-likeness (QED) is 0.167. The van der Waals surface area contributed by atoms with Crippen LogP contribution in [0.15, 0.2) is 170 Å². The van der Waals surface area contributed by atoms with Gasteiger partial charge in [-0.1, -0.05) is 124 Å². The van der Waals surface area contributed by atoms with Crippen LogP contribution >= 0.6 is 0 Å². The van der Waals surface area contributed by atoms with Crippen molar-refractivity contribution in [3.63, 3.8) is 0 Å². The molecule has 8 aromatic carbocycles. The van der Waals surface area contributed by atoms with E-state index in [1.807, 2.05) is 0 Å². The third-order valence-corrected chi connectivity index (χ3v) is 12.6. The molecule has 5 nitrogen and oxygen atoms in total. The van der Waals surface area contributed by atoms with Crippen LogP contribution in [0.4, 0.5) is 17.1 Å². The average Bonchev–Trinajstić information content (AvgIpc) is 3.75. The van der Waals surface area contributed by atoms with E-state index in [1.165, 1.54) is 43.6 Å². The Hall–Kier alpha value is -7.18. The van der Waals surface area contributed by atoms with Gasteiger partial charge in [0.25, 0.3) is 6.71 Å². The van der Waals surface area contributed by atoms with E-state index in [4.69, 9.17) is 9.47 Å². The number of fused-ring (bicyclic) bond motifs is 11. The summed E-state index contributed by atoms with van der Waals surface area (Å²) in [5.74, 6) is 3.33. The van der Waals surface area contributed by atoms with Crippen molar-refractivity contribution in [3.8, 4) is 28.7 Å². The lowest BCUT2D eigenvalue weighted by molar-refractivity contribution is 0.464. The zero-order chi connectivity index (χ0) is 39.6. The standard InChI is InChI=1S/C53H40BN3O2/c1-53(2,3)33-27-28-45-40(29-33)54-50-46(58-45)30-36(56(34-17-7-5-8-18-34)35-19-9-6-10-20-35)31-47(50)59-48-32-44(52-49(51(48)54)39-23-13-14-24-41(39)55(52)4)57-42-25-15-11-21-37(42)38-22-12-16-26-43(38)57/h5-32H,1-4H3. The lowest BCUT2D eigenvalue weighted by Crippen LogP contribution is -2.58. The van der Waals surface area contributed by atoms with Crippen LogP contribution < -0.4 is 30.8 Å². The third kappa shape index (κ3) is 4.93. The summed E-state index contributed by atoms with van der Waals surface area (Å²) in [6.45, 7) is 6.70. The number of nitrogens with zero attached hydrogens (tertiary/aromatic N) is 3. The summed E-state index contributed by atoms with van der Waals surface area (Å²) >= 11 is 0. The molecule has 0 spiro atoms. The number of aromatic nitrogens is 2. The van der Waals surface area contributed by atoms with E-state index in [0.29, 0.717) is 0 Å². The number of benzene rings is 8. The van der Waals surface area contributed by atoms with Crippen molar-refractivity contribution in [2.75, 3.05) is 4.90 Å². The lowest BCUT2D eigenvalue weighted by atomic mass is 9.34. The fraction of sp³-hybridized carbons (Fsp3) is 0.0943. The predicted octanol–water partition coefficient (Wildman–Crippen LogP) is 11.9. The number of anilines is 3. The number of para-hydroxylation sites is 5. The Kier molecular flexibility index (Phi) is 7.14. The van der Waals surface area contributed by atoms with E-state index < -0.39 is 0 Å². The number of ether oxygens (including phenoxy) is 2. The summed E-state index contributed by atoms with van der Waals surface area (Å²) in [5, 5.41) is 4.85. The zero-order valence-corrected chi connectivity index (χ0v) is 33.4. The Labute approximate surface area is 343 Å². The third-order valence-electron chi connectivity index (χ3n) is 12.6. The summed E-state index contributed by atoms with van der Waals surface area (Å²) in [4.78, 5) is 2.28. The SMILES string of the molecule is Cn1c2ccccc2c2c3c(cc(-n4c5ccccc5c5ccccc54)c21)Oc1cc(N(c2ccccc2)c2ccccc2)cc2c1B3c1cc(C(C)(C)C)ccc1O2. The Morgan fingerprint density at radius 3 is 1.63 bits per heavy atom. The first-order valence-corrected chi connectivity index (χ1v) is 20.4. The highest BCUT2D eigenvalue weighted by molar-refractivity contribution is 7.00. The number of aryl methyl sites for hydroxylation is 1. The van der Waals surface area contributed by atoms with Gasteiger partial charge in [0.05, 0.1) is 27.9 Å². The van der Waals surface area contributed by atoms with Crippen molar-refractivity contribution in [1.29, 1.82) is 0 Å². The average molecular weight is 762 g/mol. The van der Waals surface area contributed by atoms with Crippen LogP contribution in [0.25, 0.3) is 49.3 Å². The van der Waals surface area contributed by atoms with E-state index in [1.54, 1.807) is 0 Å². The van der Waals surface area contributed by atoms with Gasteiger partial charge in [0.2, 0.25) is 0 Å². The van der Waals surface area contributed by atoms with Gasteiger partial charge in [-0.3, -0.25) is 0 Å². The Morgan fingerprint density at radius 2 is 1.02 bits per heavy atom. The van der Waals surface area contributed by atoms with Crippen LogP contribution in [-0.2, 0) is 12.5 Å². The van der Waals surface area contributed by atoms with Gasteiger partial charge in [-0.05, 0) is 70.4 Å². The highest BCUT2D eigenvalue weighted by Gasteiger charge is 2.44. The first kappa shape index (κ1) is 33.9. The second kappa shape index (κ2) is 12.4. The topological polar surface area (TPSA) is 31.6 Å². The maximum atomic E-state index is 7.40. The summed E-state index contributed by atoms with van der Waals surface area (Å²) in [7, 11) is 2.21. The zero-order valence-electron chi connectivity index (χ0n) is 33.4. The van der Waals surface area contributed by atoms with Gasteiger partial charge >= 0.3 is 0 Å². The Bertz CT molecular complexity index is 3250. The molecule has 2 aromatic heterocycles. The summed E-state index contributed by atoms with van der Waals surface area (Å²) in [5.41, 5.74) is 13.4. The number of hydrogen-bond acceptors (Lipinski definition) is 3. The van der Waals surface area contributed by atoms with Crippen molar-refractivity contribution < 1.29 is 9.47 Å². The molecule has 2 aliphatic rings. The number of rotatable bonds is 4. The van der Waals surface area contributed by atoms with Gasteiger partial charge in [0.15, 0.2) is 0 Å². The molecular weight excluding hydrogens is 721 g/mol. The predicted molar refractivity (Wildman–Crippen MR) is 246 cm³/mol. The van der Waals surface area contributed by atoms with Gasteiger partial charge in [-0.25, -0.2) is 0 Å². The van der Waals surface area contributed by atoms with E-state index in [-0.39, 0.29) is 12.1 Å². The minimum absolute atomic E-state index is 0.0585. The molecule has 0 saturated carbocycles. The first-order valence-electron chi connectivity index (χ1n) is 20.4. The fourth-order valence-corrected chi connectivity index (χ4v) is 9.88. The van der Waals surface area contributed by atoms with Crippen molar-refractivity contribution in [2.45, 2.75) is 26.2 Å². The fourth-order valence-electron chi connectivity index (χ4n) is 9.88. The summed E-state index contributed by atoms with van der Waals surface area (Å²) < 4.78 is 19.3. The largest absolute Gasteiger partial charge is 0.458 e. The normalized spacial score (nSPS) is 13.0. The molecule has 6 heteroatoms. The highest BCUT2D eigenvalue weighted by atomic mass is 16.5. The molecule has 0 atom stereocenters. The maximum Gasteiger partial charge on any atom is 0.261 e. The van der Waals surface area contributed by atoms with E-state index in [9.17, 15) is 0 Å². The first-order chi connectivity index (χ1) is 28.8. The molecule has 282 valence electrons. The van der Waals surface area contributed by atoms with Gasteiger partial charge < -0.3 is 23.5 Å². The van der Waals surface area contributed by atoms with Crippen molar-refractivity contribution >= 4 is 83.8 Å². The van der Waals surface area contributed by atoms with Crippen LogP contribution in [-0.4, -0.2) is 15.8 Å². The Balaban J connectivity index is 1.20. The van der Waals surface area contributed by atoms with E-state index >= 15 is 0 Å². The van der Waals surface area contributed by atoms with Gasteiger partial charge in [-0.2, -0.15) is 0 Å². The molecule has 2 aliphatic heterocycles. The second-order valence-corrected chi connectivity index (χ2v) is 17.0. The van der Waals surface area contributed by atoms with Crippen LogP contribution in [0.3, 0.4) is 0 Å². The summed E-state index contributed by atoms with van der Waals surface area (Å²) in [6.07, 6.45) is 0. The van der Waals surface area contributed by atoms with Crippen LogP contribution in [0.5, 0.6) is 23.0 Å². The molecule has 0 amide bonds. The molecule has 0 radical (unpaired) electrons. The molecule has 0 unspecified atom stereocenters. The minimum atomic E-state index is -0.147. The lowest BCUT2D eigenvalue weighted by Gasteiger charge is -2.36. The van der Waals surface area contributed by atoms with E-state index in [2.05, 4.69) is 212 Å². The van der Waals surface area contributed by atoms with Crippen molar-refractivity contribution in [2.24, 2.45) is 7.05 Å². The molecule has 4 heterocycles. The van der Waals surface area contributed by atoms with Crippen molar-refractivity contribution in [3.05, 3.63) is 175 Å². The smallest absolute Gasteiger partial charge is 0.261 e. The molecule has 0 fully saturated rings. The Morgan fingerprint density at radius 1 is 0.492 bits per heavy atom. The maximum absolute atomic E-state index is 7.40. The highest BCUT2D eigenvalue weighted by Crippen LogP contribution is 2.46. The monoisotopic (exact) mass is 761 g/mol. The van der Waals surface area contributed by atoms with Gasteiger partial charge in [0, 0.05) is 69.1 Å². The van der Waals surface area contributed by atoms with Gasteiger partial charge in [-0.15, -0.1) is 0 Å². The molecular formula is C53H40BN3O2. The molecule has 0 bridgehead atoms. The molecule has 59 heavy (non-hydrogen) atoms. The number of hydrogen-bond donors (Lipinski definition) is 0. The van der Waals surface area contributed by atoms with E-state index in [0.717, 1.165) is 67.7 Å². The molecule has 0 N–H and O–H groups in total. The molecule has 12 rings (SSSR count). The van der Waals surface area contributed by atoms with Crippen LogP contribution in [0.1, 0.15) is 26.3 Å². The second-order valence-electron chi connectivity index (χ2n) is 17.0. The van der Waals surface area contributed by atoms with Crippen LogP contribution in [0, 0.1) is 0 Å². The summed E-state index contributed by atoms with van der Waals surface area (Å²) in [6, 6.07) is 60.9. The van der Waals surface area contributed by atoms with Crippen LogP contribution in [0.2, 0.25) is 0 Å². The van der Waals surface area contributed by atoms with Crippen molar-refractivity contribution in [1.82, 2.24) is 9.13 Å². The molecule has 0 saturated heterocycles. The minimum Gasteiger partial charge on any atom is -0.458 e. The van der Waals surface area contributed by atoms with Gasteiger partial charge in [0.1, 0.15) is 23.0 Å². The molecule has 0 aliphatic carbocycles. The molecule has 10 aromatic rings.